The molecule has 33 heavy (non-hydrogen) atoms. The van der Waals surface area contributed by atoms with Gasteiger partial charge in [-0.2, -0.15) is 0 Å². The minimum Gasteiger partial charge on any atom is -0.493 e. The summed E-state index contributed by atoms with van der Waals surface area (Å²) in [6, 6.07) is 18.1. The molecule has 0 atom stereocenters. The van der Waals surface area contributed by atoms with E-state index in [1.54, 1.807) is 14.2 Å². The Kier molecular flexibility index (Phi) is 7.52. The normalized spacial score (nSPS) is 13.5. The second-order valence-corrected chi connectivity index (χ2v) is 7.89. The first-order chi connectivity index (χ1) is 16.2. The van der Waals surface area contributed by atoms with Crippen molar-refractivity contribution in [2.24, 2.45) is 0 Å². The molecule has 1 aliphatic heterocycles. The molecule has 4 rings (SSSR count). The number of nitrogens with one attached hydrogen (secondary N) is 1. The Morgan fingerprint density at radius 3 is 2.58 bits per heavy atom. The van der Waals surface area contributed by atoms with Crippen molar-refractivity contribution in [2.75, 3.05) is 57.3 Å². The number of morpholine rings is 1. The highest BCUT2D eigenvalue weighted by molar-refractivity contribution is 5.61. The number of para-hydroxylation sites is 1. The molecule has 2 aromatic carbocycles. The Morgan fingerprint density at radius 1 is 1.00 bits per heavy atom. The number of rotatable bonds is 9. The summed E-state index contributed by atoms with van der Waals surface area (Å²) >= 11 is 0. The smallest absolute Gasteiger partial charge is 0.164 e. The maximum absolute atomic E-state index is 6.18. The Bertz CT molecular complexity index is 1070. The van der Waals surface area contributed by atoms with E-state index >= 15 is 0 Å². The maximum Gasteiger partial charge on any atom is 0.164 e. The lowest BCUT2D eigenvalue weighted by atomic mass is 10.1. The van der Waals surface area contributed by atoms with E-state index in [9.17, 15) is 0 Å². The number of aromatic nitrogens is 1. The molecule has 7 heteroatoms. The van der Waals surface area contributed by atoms with Crippen LogP contribution >= 0.6 is 0 Å². The van der Waals surface area contributed by atoms with Gasteiger partial charge in [0, 0.05) is 42.9 Å². The highest BCUT2D eigenvalue weighted by Crippen LogP contribution is 2.31. The van der Waals surface area contributed by atoms with Crippen LogP contribution in [0.4, 0.5) is 17.3 Å². The van der Waals surface area contributed by atoms with Gasteiger partial charge in [-0.15, -0.1) is 0 Å². The molecule has 1 aliphatic rings. The lowest BCUT2D eigenvalue weighted by Gasteiger charge is -2.28. The van der Waals surface area contributed by atoms with Crippen molar-refractivity contribution >= 4 is 17.3 Å². The van der Waals surface area contributed by atoms with Gasteiger partial charge < -0.3 is 29.2 Å². The third-order valence-corrected chi connectivity index (χ3v) is 5.54. The first-order valence-electron chi connectivity index (χ1n) is 11.2. The van der Waals surface area contributed by atoms with Gasteiger partial charge in [-0.3, -0.25) is 0 Å². The van der Waals surface area contributed by atoms with E-state index in [1.807, 2.05) is 42.5 Å². The summed E-state index contributed by atoms with van der Waals surface area (Å²) in [7, 11) is 3.30. The SMILES string of the molecule is COc1cccc(CCOc2cc(Nc3cccc(C)c3)nc(N3CCOCC3)c2)c1OC. The van der Waals surface area contributed by atoms with Crippen LogP contribution in [0.25, 0.3) is 0 Å². The van der Waals surface area contributed by atoms with E-state index in [1.165, 1.54) is 5.56 Å². The van der Waals surface area contributed by atoms with E-state index in [0.29, 0.717) is 26.2 Å². The van der Waals surface area contributed by atoms with E-state index in [0.717, 1.165) is 53.2 Å². The number of nitrogens with zero attached hydrogens (tertiary/aromatic N) is 2. The van der Waals surface area contributed by atoms with Crippen LogP contribution in [0.15, 0.2) is 54.6 Å². The standard InChI is InChI=1S/C26H31N3O4/c1-19-6-4-8-21(16-19)27-24-17-22(18-25(28-24)29-11-14-32-15-12-29)33-13-10-20-7-5-9-23(30-2)26(20)31-3/h4-9,16-18H,10-15H2,1-3H3,(H,27,28). The fraction of sp³-hybridized carbons (Fsp3) is 0.346. The summed E-state index contributed by atoms with van der Waals surface area (Å²) < 4.78 is 22.6. The molecule has 0 spiro atoms. The molecular formula is C26H31N3O4. The van der Waals surface area contributed by atoms with Gasteiger partial charge in [-0.05, 0) is 30.7 Å². The molecular weight excluding hydrogens is 418 g/mol. The molecule has 0 saturated carbocycles. The first kappa shape index (κ1) is 22.7. The monoisotopic (exact) mass is 449 g/mol. The van der Waals surface area contributed by atoms with E-state index in [4.69, 9.17) is 23.9 Å². The minimum atomic E-state index is 0.500. The zero-order valence-electron chi connectivity index (χ0n) is 19.5. The van der Waals surface area contributed by atoms with E-state index < -0.39 is 0 Å². The molecule has 0 bridgehead atoms. The van der Waals surface area contributed by atoms with Crippen molar-refractivity contribution < 1.29 is 18.9 Å². The highest BCUT2D eigenvalue weighted by atomic mass is 16.5. The molecule has 0 amide bonds. The number of methoxy groups -OCH3 is 2. The molecule has 0 radical (unpaired) electrons. The predicted molar refractivity (Wildman–Crippen MR) is 130 cm³/mol. The lowest BCUT2D eigenvalue weighted by Crippen LogP contribution is -2.36. The summed E-state index contributed by atoms with van der Waals surface area (Å²) in [5.41, 5.74) is 3.22. The third kappa shape index (κ3) is 5.87. The Labute approximate surface area is 195 Å². The number of ether oxygens (including phenoxy) is 4. The van der Waals surface area contributed by atoms with Crippen LogP contribution in [0.2, 0.25) is 0 Å². The Hall–Kier alpha value is -3.45. The molecule has 7 nitrogen and oxygen atoms in total. The van der Waals surface area contributed by atoms with E-state index in [-0.39, 0.29) is 0 Å². The summed E-state index contributed by atoms with van der Waals surface area (Å²) in [4.78, 5) is 7.07. The molecule has 174 valence electrons. The van der Waals surface area contributed by atoms with Crippen LogP contribution in [0.3, 0.4) is 0 Å². The maximum atomic E-state index is 6.18. The van der Waals surface area contributed by atoms with Gasteiger partial charge in [-0.1, -0.05) is 24.3 Å². The molecule has 1 N–H and O–H groups in total. The van der Waals surface area contributed by atoms with Gasteiger partial charge in [0.2, 0.25) is 0 Å². The number of hydrogen-bond acceptors (Lipinski definition) is 7. The van der Waals surface area contributed by atoms with Crippen molar-refractivity contribution in [3.8, 4) is 17.2 Å². The summed E-state index contributed by atoms with van der Waals surface area (Å²) in [5.74, 6) is 3.86. The number of aryl methyl sites for hydroxylation is 1. The van der Waals surface area contributed by atoms with Crippen molar-refractivity contribution in [1.82, 2.24) is 4.98 Å². The second-order valence-electron chi connectivity index (χ2n) is 7.89. The molecule has 1 fully saturated rings. The average Bonchev–Trinajstić information content (AvgIpc) is 2.84. The van der Waals surface area contributed by atoms with Gasteiger partial charge in [0.05, 0.1) is 34.0 Å². The van der Waals surface area contributed by atoms with Gasteiger partial charge in [0.1, 0.15) is 17.4 Å². The van der Waals surface area contributed by atoms with Crippen LogP contribution in [0.1, 0.15) is 11.1 Å². The zero-order chi connectivity index (χ0) is 23.0. The summed E-state index contributed by atoms with van der Waals surface area (Å²) in [5, 5.41) is 3.42. The highest BCUT2D eigenvalue weighted by Gasteiger charge is 2.16. The van der Waals surface area contributed by atoms with Gasteiger partial charge >= 0.3 is 0 Å². The van der Waals surface area contributed by atoms with Crippen LogP contribution in [0, 0.1) is 6.92 Å². The molecule has 0 aliphatic carbocycles. The second kappa shape index (κ2) is 10.9. The number of pyridine rings is 1. The van der Waals surface area contributed by atoms with Gasteiger partial charge in [0.15, 0.2) is 11.5 Å². The average molecular weight is 450 g/mol. The fourth-order valence-electron chi connectivity index (χ4n) is 3.89. The van der Waals surface area contributed by atoms with E-state index in [2.05, 4.69) is 29.3 Å². The molecule has 2 heterocycles. The van der Waals surface area contributed by atoms with Crippen LogP contribution in [-0.2, 0) is 11.2 Å². The van der Waals surface area contributed by atoms with Gasteiger partial charge in [-0.25, -0.2) is 4.98 Å². The van der Waals surface area contributed by atoms with Crippen molar-refractivity contribution in [1.29, 1.82) is 0 Å². The molecule has 1 aromatic heterocycles. The molecule has 1 saturated heterocycles. The van der Waals surface area contributed by atoms with Crippen molar-refractivity contribution in [2.45, 2.75) is 13.3 Å². The Balaban J connectivity index is 1.52. The quantitative estimate of drug-likeness (QED) is 0.512. The van der Waals surface area contributed by atoms with Crippen molar-refractivity contribution in [3.05, 3.63) is 65.7 Å². The predicted octanol–water partition coefficient (Wildman–Crippen LogP) is 4.61. The first-order valence-corrected chi connectivity index (χ1v) is 11.2. The fourth-order valence-corrected chi connectivity index (χ4v) is 3.89. The minimum absolute atomic E-state index is 0.500. The van der Waals surface area contributed by atoms with Gasteiger partial charge in [0.25, 0.3) is 0 Å². The van der Waals surface area contributed by atoms with Crippen LogP contribution < -0.4 is 24.4 Å². The number of anilines is 3. The topological polar surface area (TPSA) is 65.1 Å². The van der Waals surface area contributed by atoms with Crippen molar-refractivity contribution in [3.63, 3.8) is 0 Å². The largest absolute Gasteiger partial charge is 0.493 e. The Morgan fingerprint density at radius 2 is 1.82 bits per heavy atom. The third-order valence-electron chi connectivity index (χ3n) is 5.54. The number of hydrogen-bond donors (Lipinski definition) is 1. The summed E-state index contributed by atoms with van der Waals surface area (Å²) in [6.45, 7) is 5.58. The van der Waals surface area contributed by atoms with Crippen LogP contribution in [-0.4, -0.2) is 52.1 Å². The molecule has 3 aromatic rings. The summed E-state index contributed by atoms with van der Waals surface area (Å²) in [6.07, 6.45) is 0.691. The number of benzene rings is 2. The van der Waals surface area contributed by atoms with Crippen LogP contribution in [0.5, 0.6) is 17.2 Å². The lowest BCUT2D eigenvalue weighted by molar-refractivity contribution is 0.122. The zero-order valence-corrected chi connectivity index (χ0v) is 19.5. The molecule has 0 unspecified atom stereocenters.